The summed E-state index contributed by atoms with van der Waals surface area (Å²) in [6.07, 6.45) is 0. The van der Waals surface area contributed by atoms with Gasteiger partial charge >= 0.3 is 0 Å². The molecule has 0 aliphatic rings. The minimum Gasteiger partial charge on any atom is -0.488 e. The van der Waals surface area contributed by atoms with E-state index in [-0.39, 0.29) is 5.82 Å². The molecule has 0 N–H and O–H groups in total. The molecule has 2 nitrogen and oxygen atoms in total. The molecule has 1 aromatic rings. The lowest BCUT2D eigenvalue weighted by Gasteiger charge is -2.10. The van der Waals surface area contributed by atoms with E-state index in [1.165, 1.54) is 6.07 Å². The van der Waals surface area contributed by atoms with Crippen molar-refractivity contribution in [2.45, 2.75) is 26.7 Å². The second-order valence-corrected chi connectivity index (χ2v) is 3.89. The zero-order valence-corrected chi connectivity index (χ0v) is 10.1. The highest BCUT2D eigenvalue weighted by Crippen LogP contribution is 2.22. The maximum absolute atomic E-state index is 13.6. The van der Waals surface area contributed by atoms with Gasteiger partial charge in [-0.05, 0) is 30.5 Å². The van der Waals surface area contributed by atoms with Crippen LogP contribution in [0.15, 0.2) is 18.2 Å². The molecule has 0 radical (unpaired) electrons. The molecule has 0 unspecified atom stereocenters. The van der Waals surface area contributed by atoms with Crippen LogP contribution in [0.2, 0.25) is 0 Å². The lowest BCUT2D eigenvalue weighted by molar-refractivity contribution is 0.108. The summed E-state index contributed by atoms with van der Waals surface area (Å²) in [4.78, 5) is 0. The van der Waals surface area contributed by atoms with Gasteiger partial charge in [0.1, 0.15) is 6.61 Å². The summed E-state index contributed by atoms with van der Waals surface area (Å²) in [6.45, 7) is 7.50. The number of benzene rings is 1. The minimum atomic E-state index is -0.303. The van der Waals surface area contributed by atoms with Gasteiger partial charge in [-0.15, -0.1) is 0 Å². The summed E-state index contributed by atoms with van der Waals surface area (Å²) < 4.78 is 23.9. The zero-order valence-electron chi connectivity index (χ0n) is 10.1. The van der Waals surface area contributed by atoms with Gasteiger partial charge in [-0.2, -0.15) is 0 Å². The summed E-state index contributed by atoms with van der Waals surface area (Å²) in [5, 5.41) is 0. The Morgan fingerprint density at radius 3 is 2.56 bits per heavy atom. The third-order valence-corrected chi connectivity index (χ3v) is 2.31. The highest BCUT2D eigenvalue weighted by atomic mass is 19.1. The van der Waals surface area contributed by atoms with Gasteiger partial charge in [-0.3, -0.25) is 0 Å². The third-order valence-electron chi connectivity index (χ3n) is 2.31. The molecule has 16 heavy (non-hydrogen) atoms. The Bertz CT molecular complexity index is 324. The summed E-state index contributed by atoms with van der Waals surface area (Å²) in [5.41, 5.74) is 0.981. The normalized spacial score (nSPS) is 10.8. The molecule has 0 aromatic heterocycles. The van der Waals surface area contributed by atoms with Crippen LogP contribution in [-0.4, -0.2) is 19.8 Å². The van der Waals surface area contributed by atoms with Crippen molar-refractivity contribution in [1.29, 1.82) is 0 Å². The van der Waals surface area contributed by atoms with E-state index >= 15 is 0 Å². The van der Waals surface area contributed by atoms with Crippen LogP contribution in [0.3, 0.4) is 0 Å². The SMILES string of the molecule is CCOCCOc1ccc(C(C)C)cc1F. The number of hydrogen-bond donors (Lipinski definition) is 0. The topological polar surface area (TPSA) is 18.5 Å². The largest absolute Gasteiger partial charge is 0.488 e. The Kier molecular flexibility index (Phi) is 5.26. The van der Waals surface area contributed by atoms with Gasteiger partial charge in [0.15, 0.2) is 11.6 Å². The quantitative estimate of drug-likeness (QED) is 0.692. The molecule has 3 heteroatoms. The monoisotopic (exact) mass is 226 g/mol. The van der Waals surface area contributed by atoms with Crippen molar-refractivity contribution in [3.05, 3.63) is 29.6 Å². The fourth-order valence-corrected chi connectivity index (χ4v) is 1.35. The van der Waals surface area contributed by atoms with Gasteiger partial charge in [0.05, 0.1) is 6.61 Å². The van der Waals surface area contributed by atoms with E-state index < -0.39 is 0 Å². The molecule has 1 rings (SSSR count). The molecule has 0 fully saturated rings. The maximum Gasteiger partial charge on any atom is 0.165 e. The molecule has 0 spiro atoms. The molecule has 1 aromatic carbocycles. The number of rotatable bonds is 6. The van der Waals surface area contributed by atoms with Crippen molar-refractivity contribution in [2.24, 2.45) is 0 Å². The summed E-state index contributed by atoms with van der Waals surface area (Å²) in [7, 11) is 0. The van der Waals surface area contributed by atoms with Gasteiger partial charge in [-0.25, -0.2) is 4.39 Å². The van der Waals surface area contributed by atoms with E-state index in [1.807, 2.05) is 26.8 Å². The van der Waals surface area contributed by atoms with E-state index in [0.717, 1.165) is 5.56 Å². The molecule has 0 aliphatic heterocycles. The molecule has 90 valence electrons. The van der Waals surface area contributed by atoms with E-state index in [4.69, 9.17) is 9.47 Å². The molecule has 0 atom stereocenters. The lowest BCUT2D eigenvalue weighted by atomic mass is 10.0. The Hall–Kier alpha value is -1.09. The molecule has 0 amide bonds. The van der Waals surface area contributed by atoms with Crippen LogP contribution in [0.4, 0.5) is 4.39 Å². The molecule has 0 saturated heterocycles. The standard InChI is InChI=1S/C13H19FO2/c1-4-15-7-8-16-13-6-5-11(10(2)3)9-12(13)14/h5-6,9-10H,4,7-8H2,1-3H3. The lowest BCUT2D eigenvalue weighted by Crippen LogP contribution is -2.07. The Morgan fingerprint density at radius 2 is 2.00 bits per heavy atom. The van der Waals surface area contributed by atoms with Gasteiger partial charge < -0.3 is 9.47 Å². The molecule has 0 heterocycles. The summed E-state index contributed by atoms with van der Waals surface area (Å²) >= 11 is 0. The molecule has 0 aliphatic carbocycles. The van der Waals surface area contributed by atoms with E-state index in [1.54, 1.807) is 6.07 Å². The first-order chi connectivity index (χ1) is 7.65. The Balaban J connectivity index is 2.54. The fourth-order valence-electron chi connectivity index (χ4n) is 1.35. The first-order valence-electron chi connectivity index (χ1n) is 5.65. The summed E-state index contributed by atoms with van der Waals surface area (Å²) in [6, 6.07) is 5.10. The van der Waals surface area contributed by atoms with Crippen molar-refractivity contribution in [1.82, 2.24) is 0 Å². The number of hydrogen-bond acceptors (Lipinski definition) is 2. The van der Waals surface area contributed by atoms with Crippen molar-refractivity contribution >= 4 is 0 Å². The van der Waals surface area contributed by atoms with Crippen LogP contribution < -0.4 is 4.74 Å². The average Bonchev–Trinajstić information content (AvgIpc) is 2.26. The number of ether oxygens (including phenoxy) is 2. The van der Waals surface area contributed by atoms with Crippen LogP contribution in [0.5, 0.6) is 5.75 Å². The minimum absolute atomic E-state index is 0.295. The van der Waals surface area contributed by atoms with E-state index in [0.29, 0.717) is 31.5 Å². The molecular weight excluding hydrogens is 207 g/mol. The third kappa shape index (κ3) is 3.81. The smallest absolute Gasteiger partial charge is 0.165 e. The molecular formula is C13H19FO2. The van der Waals surface area contributed by atoms with E-state index in [2.05, 4.69) is 0 Å². The Labute approximate surface area is 96.4 Å². The van der Waals surface area contributed by atoms with Crippen LogP contribution >= 0.6 is 0 Å². The predicted octanol–water partition coefficient (Wildman–Crippen LogP) is 3.36. The Morgan fingerprint density at radius 1 is 1.25 bits per heavy atom. The highest BCUT2D eigenvalue weighted by Gasteiger charge is 2.06. The fraction of sp³-hybridized carbons (Fsp3) is 0.538. The van der Waals surface area contributed by atoms with Crippen molar-refractivity contribution in [3.8, 4) is 5.75 Å². The van der Waals surface area contributed by atoms with Crippen molar-refractivity contribution < 1.29 is 13.9 Å². The van der Waals surface area contributed by atoms with Gasteiger partial charge in [0.25, 0.3) is 0 Å². The molecule has 0 bridgehead atoms. The van der Waals surface area contributed by atoms with Crippen LogP contribution in [0.1, 0.15) is 32.3 Å². The first-order valence-corrected chi connectivity index (χ1v) is 5.65. The van der Waals surface area contributed by atoms with Gasteiger partial charge in [0, 0.05) is 6.61 Å². The highest BCUT2D eigenvalue weighted by molar-refractivity contribution is 5.30. The van der Waals surface area contributed by atoms with Crippen LogP contribution in [0.25, 0.3) is 0 Å². The first kappa shape index (κ1) is 13.0. The van der Waals surface area contributed by atoms with Crippen molar-refractivity contribution in [3.63, 3.8) is 0 Å². The zero-order chi connectivity index (χ0) is 12.0. The van der Waals surface area contributed by atoms with Gasteiger partial charge in [-0.1, -0.05) is 19.9 Å². The number of halogens is 1. The van der Waals surface area contributed by atoms with Crippen molar-refractivity contribution in [2.75, 3.05) is 19.8 Å². The predicted molar refractivity (Wildman–Crippen MR) is 62.5 cm³/mol. The average molecular weight is 226 g/mol. The van der Waals surface area contributed by atoms with Crippen LogP contribution in [0, 0.1) is 5.82 Å². The maximum atomic E-state index is 13.6. The van der Waals surface area contributed by atoms with Crippen LogP contribution in [-0.2, 0) is 4.74 Å². The second-order valence-electron chi connectivity index (χ2n) is 3.89. The molecule has 0 saturated carbocycles. The van der Waals surface area contributed by atoms with E-state index in [9.17, 15) is 4.39 Å². The second kappa shape index (κ2) is 6.48. The summed E-state index contributed by atoms with van der Waals surface area (Å²) in [5.74, 6) is 0.318. The van der Waals surface area contributed by atoms with Gasteiger partial charge in [0.2, 0.25) is 0 Å².